The fraction of sp³-hybridized carbons (Fsp3) is 0.500. The molecule has 0 N–H and O–H groups in total. The lowest BCUT2D eigenvalue weighted by molar-refractivity contribution is -0.132. The maximum absolute atomic E-state index is 12.4. The lowest BCUT2D eigenvalue weighted by Gasteiger charge is -2.26. The van der Waals surface area contributed by atoms with E-state index in [1.807, 2.05) is 17.0 Å². The molecule has 0 saturated carbocycles. The van der Waals surface area contributed by atoms with Gasteiger partial charge in [-0.3, -0.25) is 14.7 Å². The highest BCUT2D eigenvalue weighted by atomic mass is 16.6. The predicted molar refractivity (Wildman–Crippen MR) is 70.8 cm³/mol. The molecule has 6 heteroatoms. The first-order valence-corrected chi connectivity index (χ1v) is 6.87. The third-order valence-corrected chi connectivity index (χ3v) is 3.81. The monoisotopic (exact) mass is 275 g/mol. The predicted octanol–water partition coefficient (Wildman–Crippen LogP) is 1.20. The maximum Gasteiger partial charge on any atom is 0.410 e. The molecule has 2 amide bonds. The SMILES string of the molecule is O=C1OCCN1CC(=O)N1CCCC1c1cccnc1. The number of hydrogen-bond donors (Lipinski definition) is 0. The summed E-state index contributed by atoms with van der Waals surface area (Å²) in [5, 5.41) is 0. The van der Waals surface area contributed by atoms with E-state index in [0.717, 1.165) is 24.9 Å². The van der Waals surface area contributed by atoms with E-state index in [0.29, 0.717) is 13.2 Å². The molecule has 0 radical (unpaired) electrons. The molecule has 3 heterocycles. The van der Waals surface area contributed by atoms with Crippen LogP contribution in [0.3, 0.4) is 0 Å². The van der Waals surface area contributed by atoms with Crippen LogP contribution in [0.2, 0.25) is 0 Å². The van der Waals surface area contributed by atoms with E-state index >= 15 is 0 Å². The van der Waals surface area contributed by atoms with Crippen molar-refractivity contribution < 1.29 is 14.3 Å². The number of nitrogens with zero attached hydrogens (tertiary/aromatic N) is 3. The Morgan fingerprint density at radius 3 is 3.05 bits per heavy atom. The molecule has 1 atom stereocenters. The van der Waals surface area contributed by atoms with Gasteiger partial charge in [0.1, 0.15) is 13.2 Å². The van der Waals surface area contributed by atoms with Crippen molar-refractivity contribution in [3.8, 4) is 0 Å². The zero-order valence-electron chi connectivity index (χ0n) is 11.2. The van der Waals surface area contributed by atoms with Crippen LogP contribution in [0.4, 0.5) is 4.79 Å². The largest absolute Gasteiger partial charge is 0.448 e. The van der Waals surface area contributed by atoms with Crippen molar-refractivity contribution >= 4 is 12.0 Å². The summed E-state index contributed by atoms with van der Waals surface area (Å²) in [6, 6.07) is 3.96. The van der Waals surface area contributed by atoms with Gasteiger partial charge < -0.3 is 9.64 Å². The Morgan fingerprint density at radius 2 is 2.35 bits per heavy atom. The molecule has 1 aromatic heterocycles. The van der Waals surface area contributed by atoms with Crippen molar-refractivity contribution in [2.75, 3.05) is 26.2 Å². The molecule has 2 saturated heterocycles. The Balaban J connectivity index is 1.69. The van der Waals surface area contributed by atoms with Gasteiger partial charge >= 0.3 is 6.09 Å². The summed E-state index contributed by atoms with van der Waals surface area (Å²) >= 11 is 0. The second-order valence-corrected chi connectivity index (χ2v) is 5.07. The van der Waals surface area contributed by atoms with E-state index in [1.165, 1.54) is 4.90 Å². The van der Waals surface area contributed by atoms with Crippen molar-refractivity contribution in [3.05, 3.63) is 30.1 Å². The number of amides is 2. The van der Waals surface area contributed by atoms with Crippen molar-refractivity contribution in [1.82, 2.24) is 14.8 Å². The van der Waals surface area contributed by atoms with E-state index < -0.39 is 6.09 Å². The molecule has 0 aliphatic carbocycles. The summed E-state index contributed by atoms with van der Waals surface area (Å²) < 4.78 is 4.85. The fourth-order valence-corrected chi connectivity index (χ4v) is 2.81. The number of carbonyl (C=O) groups is 2. The van der Waals surface area contributed by atoms with Crippen molar-refractivity contribution in [1.29, 1.82) is 0 Å². The van der Waals surface area contributed by atoms with E-state index in [2.05, 4.69) is 4.98 Å². The molecule has 6 nitrogen and oxygen atoms in total. The van der Waals surface area contributed by atoms with Crippen LogP contribution in [0.5, 0.6) is 0 Å². The highest BCUT2D eigenvalue weighted by molar-refractivity contribution is 5.83. The van der Waals surface area contributed by atoms with Gasteiger partial charge in [-0.15, -0.1) is 0 Å². The van der Waals surface area contributed by atoms with Crippen LogP contribution in [-0.4, -0.2) is 53.0 Å². The van der Waals surface area contributed by atoms with Crippen LogP contribution in [-0.2, 0) is 9.53 Å². The summed E-state index contributed by atoms with van der Waals surface area (Å²) in [5.41, 5.74) is 1.06. The number of ether oxygens (including phenoxy) is 1. The van der Waals surface area contributed by atoms with Gasteiger partial charge in [0.25, 0.3) is 0 Å². The Hall–Kier alpha value is -2.11. The number of cyclic esters (lactones) is 1. The zero-order chi connectivity index (χ0) is 13.9. The first-order chi connectivity index (χ1) is 9.75. The van der Waals surface area contributed by atoms with Gasteiger partial charge in [0, 0.05) is 18.9 Å². The normalized spacial score (nSPS) is 22.2. The van der Waals surface area contributed by atoms with Gasteiger partial charge in [0.2, 0.25) is 5.91 Å². The minimum absolute atomic E-state index is 0.0183. The Bertz CT molecular complexity index is 506. The molecule has 0 bridgehead atoms. The van der Waals surface area contributed by atoms with Crippen LogP contribution in [0, 0.1) is 0 Å². The Morgan fingerprint density at radius 1 is 1.45 bits per heavy atom. The molecule has 2 aliphatic rings. The average molecular weight is 275 g/mol. The summed E-state index contributed by atoms with van der Waals surface area (Å²) in [4.78, 5) is 31.2. The first kappa shape index (κ1) is 12.9. The summed E-state index contributed by atoms with van der Waals surface area (Å²) in [5.74, 6) is -0.0183. The lowest BCUT2D eigenvalue weighted by Crippen LogP contribution is -2.40. The molecule has 0 aromatic carbocycles. The molecule has 0 spiro atoms. The fourth-order valence-electron chi connectivity index (χ4n) is 2.81. The van der Waals surface area contributed by atoms with E-state index in [9.17, 15) is 9.59 Å². The first-order valence-electron chi connectivity index (χ1n) is 6.87. The molecule has 20 heavy (non-hydrogen) atoms. The van der Waals surface area contributed by atoms with Crippen molar-refractivity contribution in [2.45, 2.75) is 18.9 Å². The zero-order valence-corrected chi connectivity index (χ0v) is 11.2. The second-order valence-electron chi connectivity index (χ2n) is 5.07. The standard InChI is InChI=1S/C14H17N3O3/c18-13(10-16-7-8-20-14(16)19)17-6-2-4-12(17)11-3-1-5-15-9-11/h1,3,5,9,12H,2,4,6-8,10H2. The minimum atomic E-state index is -0.393. The highest BCUT2D eigenvalue weighted by Gasteiger charge is 2.33. The minimum Gasteiger partial charge on any atom is -0.448 e. The number of rotatable bonds is 3. The molecular formula is C14H17N3O3. The average Bonchev–Trinajstić information content (AvgIpc) is 3.09. The van der Waals surface area contributed by atoms with Crippen LogP contribution in [0.25, 0.3) is 0 Å². The number of likely N-dealkylation sites (tertiary alicyclic amines) is 1. The van der Waals surface area contributed by atoms with Gasteiger partial charge in [-0.2, -0.15) is 0 Å². The molecule has 3 rings (SSSR count). The number of carbonyl (C=O) groups excluding carboxylic acids is 2. The third-order valence-electron chi connectivity index (χ3n) is 3.81. The summed E-state index contributed by atoms with van der Waals surface area (Å²) in [6.07, 6.45) is 5.07. The van der Waals surface area contributed by atoms with Gasteiger partial charge in [-0.25, -0.2) is 4.79 Å². The maximum atomic E-state index is 12.4. The smallest absolute Gasteiger partial charge is 0.410 e. The molecule has 1 aromatic rings. The quantitative estimate of drug-likeness (QED) is 0.831. The van der Waals surface area contributed by atoms with Crippen LogP contribution in [0.15, 0.2) is 24.5 Å². The van der Waals surface area contributed by atoms with Gasteiger partial charge in [-0.05, 0) is 24.5 Å². The summed E-state index contributed by atoms with van der Waals surface area (Å²) in [6.45, 7) is 1.71. The van der Waals surface area contributed by atoms with E-state index in [1.54, 1.807) is 12.4 Å². The molecule has 1 unspecified atom stereocenters. The van der Waals surface area contributed by atoms with E-state index in [-0.39, 0.29) is 18.5 Å². The van der Waals surface area contributed by atoms with Crippen molar-refractivity contribution in [3.63, 3.8) is 0 Å². The molecular weight excluding hydrogens is 258 g/mol. The number of hydrogen-bond acceptors (Lipinski definition) is 4. The molecule has 2 aliphatic heterocycles. The molecule has 2 fully saturated rings. The van der Waals surface area contributed by atoms with Crippen LogP contribution >= 0.6 is 0 Å². The van der Waals surface area contributed by atoms with E-state index in [4.69, 9.17) is 4.74 Å². The lowest BCUT2D eigenvalue weighted by atomic mass is 10.1. The molecule has 106 valence electrons. The van der Waals surface area contributed by atoms with Gasteiger partial charge in [0.05, 0.1) is 12.6 Å². The second kappa shape index (κ2) is 5.48. The van der Waals surface area contributed by atoms with Gasteiger partial charge in [-0.1, -0.05) is 6.07 Å². The van der Waals surface area contributed by atoms with Crippen molar-refractivity contribution in [2.24, 2.45) is 0 Å². The highest BCUT2D eigenvalue weighted by Crippen LogP contribution is 2.31. The Kier molecular flexibility index (Phi) is 3.54. The van der Waals surface area contributed by atoms with Crippen LogP contribution < -0.4 is 0 Å². The number of pyridine rings is 1. The summed E-state index contributed by atoms with van der Waals surface area (Å²) in [7, 11) is 0. The Labute approximate surface area is 117 Å². The van der Waals surface area contributed by atoms with Crippen LogP contribution in [0.1, 0.15) is 24.4 Å². The third kappa shape index (κ3) is 2.45. The van der Waals surface area contributed by atoms with Gasteiger partial charge in [0.15, 0.2) is 0 Å². The number of aromatic nitrogens is 1. The topological polar surface area (TPSA) is 62.7 Å².